The molecule has 0 bridgehead atoms. The van der Waals surface area contributed by atoms with Gasteiger partial charge in [0.15, 0.2) is 0 Å². The van der Waals surface area contributed by atoms with Crippen LogP contribution in [0.4, 0.5) is 15.9 Å². The molecule has 5 nitrogen and oxygen atoms in total. The van der Waals surface area contributed by atoms with Gasteiger partial charge in [0, 0.05) is 36.1 Å². The minimum Gasteiger partial charge on any atom is -0.343 e. The normalized spacial score (nSPS) is 14.5. The second kappa shape index (κ2) is 9.88. The van der Waals surface area contributed by atoms with Crippen LogP contribution >= 0.6 is 11.6 Å². The highest BCUT2D eigenvalue weighted by atomic mass is 35.5. The third kappa shape index (κ3) is 5.79. The van der Waals surface area contributed by atoms with Gasteiger partial charge < -0.3 is 10.2 Å². The van der Waals surface area contributed by atoms with Crippen molar-refractivity contribution < 1.29 is 9.18 Å². The summed E-state index contributed by atoms with van der Waals surface area (Å²) < 4.78 is 13.0. The summed E-state index contributed by atoms with van der Waals surface area (Å²) >= 11 is 6.02. The van der Waals surface area contributed by atoms with E-state index in [1.165, 1.54) is 12.3 Å². The first-order chi connectivity index (χ1) is 15.1. The molecule has 4 rings (SSSR count). The van der Waals surface area contributed by atoms with Crippen molar-refractivity contribution in [3.8, 4) is 0 Å². The summed E-state index contributed by atoms with van der Waals surface area (Å²) in [5, 5.41) is 3.82. The van der Waals surface area contributed by atoms with Gasteiger partial charge >= 0.3 is 0 Å². The molecule has 1 aromatic carbocycles. The zero-order valence-corrected chi connectivity index (χ0v) is 17.9. The predicted molar refractivity (Wildman–Crippen MR) is 120 cm³/mol. The fraction of sp³-hybridized carbons (Fsp3) is 0.292. The van der Waals surface area contributed by atoms with Crippen LogP contribution in [0.1, 0.15) is 36.4 Å². The Hall–Kier alpha value is -2.99. The van der Waals surface area contributed by atoms with E-state index in [-0.39, 0.29) is 11.7 Å². The molecule has 160 valence electrons. The fourth-order valence-corrected chi connectivity index (χ4v) is 4.06. The molecule has 1 fully saturated rings. The van der Waals surface area contributed by atoms with Crippen LogP contribution in [-0.4, -0.2) is 33.9 Å². The second-order valence-electron chi connectivity index (χ2n) is 7.74. The van der Waals surface area contributed by atoms with E-state index in [0.717, 1.165) is 42.9 Å². The van der Waals surface area contributed by atoms with Crippen LogP contribution < -0.4 is 5.32 Å². The summed E-state index contributed by atoms with van der Waals surface area (Å²) in [5.74, 6) is 0.738. The van der Waals surface area contributed by atoms with Crippen molar-refractivity contribution in [2.45, 2.75) is 31.6 Å². The molecule has 3 aromatic rings. The first kappa shape index (κ1) is 21.2. The third-order valence-electron chi connectivity index (χ3n) is 5.57. The largest absolute Gasteiger partial charge is 0.343 e. The van der Waals surface area contributed by atoms with E-state index in [9.17, 15) is 9.18 Å². The number of pyridine rings is 2. The SMILES string of the molecule is O=C(CCc1cccc(Cl)c1)N1CCC(c2ccc(Nc3ccc(F)cn3)cn2)CC1. The van der Waals surface area contributed by atoms with Crippen LogP contribution in [-0.2, 0) is 11.2 Å². The van der Waals surface area contributed by atoms with Gasteiger partial charge in [0.25, 0.3) is 0 Å². The van der Waals surface area contributed by atoms with Gasteiger partial charge in [0.2, 0.25) is 5.91 Å². The molecule has 3 heterocycles. The van der Waals surface area contributed by atoms with Crippen molar-refractivity contribution in [3.05, 3.63) is 83.0 Å². The number of hydrogen-bond acceptors (Lipinski definition) is 4. The molecule has 0 spiro atoms. The smallest absolute Gasteiger partial charge is 0.222 e. The zero-order valence-electron chi connectivity index (χ0n) is 17.1. The molecule has 1 N–H and O–H groups in total. The molecule has 0 radical (unpaired) electrons. The van der Waals surface area contributed by atoms with Gasteiger partial charge in [-0.15, -0.1) is 0 Å². The molecule has 0 atom stereocenters. The monoisotopic (exact) mass is 438 g/mol. The number of hydrogen-bond donors (Lipinski definition) is 1. The highest BCUT2D eigenvalue weighted by molar-refractivity contribution is 6.30. The lowest BCUT2D eigenvalue weighted by Gasteiger charge is -2.32. The number of amides is 1. The first-order valence-corrected chi connectivity index (χ1v) is 10.8. The maximum Gasteiger partial charge on any atom is 0.222 e. The zero-order chi connectivity index (χ0) is 21.6. The molecule has 31 heavy (non-hydrogen) atoms. The van der Waals surface area contributed by atoms with Crippen LogP contribution in [0.5, 0.6) is 0 Å². The predicted octanol–water partition coefficient (Wildman–Crippen LogP) is 5.35. The molecule has 1 aliphatic heterocycles. The van der Waals surface area contributed by atoms with Crippen LogP contribution in [0, 0.1) is 5.82 Å². The first-order valence-electron chi connectivity index (χ1n) is 10.4. The van der Waals surface area contributed by atoms with E-state index in [0.29, 0.717) is 29.6 Å². The lowest BCUT2D eigenvalue weighted by atomic mass is 9.92. The Labute approximate surface area is 186 Å². The number of aryl methyl sites for hydroxylation is 1. The van der Waals surface area contributed by atoms with Crippen molar-refractivity contribution in [2.24, 2.45) is 0 Å². The lowest BCUT2D eigenvalue weighted by molar-refractivity contribution is -0.132. The summed E-state index contributed by atoms with van der Waals surface area (Å²) in [6, 6.07) is 14.6. The number of benzene rings is 1. The van der Waals surface area contributed by atoms with Crippen LogP contribution in [0.15, 0.2) is 60.9 Å². The Kier molecular flexibility index (Phi) is 6.77. The molecule has 0 unspecified atom stereocenters. The highest BCUT2D eigenvalue weighted by Crippen LogP contribution is 2.28. The number of carbonyl (C=O) groups is 1. The third-order valence-corrected chi connectivity index (χ3v) is 5.80. The molecule has 1 amide bonds. The quantitative estimate of drug-likeness (QED) is 0.563. The number of halogens is 2. The van der Waals surface area contributed by atoms with Gasteiger partial charge in [-0.1, -0.05) is 23.7 Å². The number of aromatic nitrogens is 2. The van der Waals surface area contributed by atoms with Crippen molar-refractivity contribution in [1.82, 2.24) is 14.9 Å². The second-order valence-corrected chi connectivity index (χ2v) is 8.18. The Morgan fingerprint density at radius 3 is 2.61 bits per heavy atom. The lowest BCUT2D eigenvalue weighted by Crippen LogP contribution is -2.38. The van der Waals surface area contributed by atoms with Gasteiger partial charge in [-0.3, -0.25) is 9.78 Å². The Balaban J connectivity index is 1.26. The van der Waals surface area contributed by atoms with Crippen LogP contribution in [0.3, 0.4) is 0 Å². The summed E-state index contributed by atoms with van der Waals surface area (Å²) in [5.41, 5.74) is 2.92. The van der Waals surface area contributed by atoms with Gasteiger partial charge in [-0.2, -0.15) is 0 Å². The molecule has 1 saturated heterocycles. The standard InChI is InChI=1S/C24H24ClFN4O/c25-19-3-1-2-17(14-19)4-9-24(31)30-12-10-18(11-13-30)22-7-6-21(16-27-22)29-23-8-5-20(26)15-28-23/h1-3,5-8,14-16,18H,4,9-13H2,(H,28,29). The fourth-order valence-electron chi connectivity index (χ4n) is 3.84. The van der Waals surface area contributed by atoms with Crippen LogP contribution in [0.2, 0.25) is 5.02 Å². The van der Waals surface area contributed by atoms with Gasteiger partial charge in [-0.05, 0) is 61.2 Å². The Morgan fingerprint density at radius 2 is 1.94 bits per heavy atom. The van der Waals surface area contributed by atoms with Crippen molar-refractivity contribution >= 4 is 29.0 Å². The number of piperidine rings is 1. The number of likely N-dealkylation sites (tertiary alicyclic amines) is 1. The topological polar surface area (TPSA) is 58.1 Å². The molecule has 0 saturated carbocycles. The molecule has 7 heteroatoms. The Bertz CT molecular complexity index is 1020. The number of nitrogens with zero attached hydrogens (tertiary/aromatic N) is 3. The summed E-state index contributed by atoms with van der Waals surface area (Å²) in [6.07, 6.45) is 5.96. The van der Waals surface area contributed by atoms with E-state index in [1.807, 2.05) is 41.3 Å². The summed E-state index contributed by atoms with van der Waals surface area (Å²) in [4.78, 5) is 23.1. The van der Waals surface area contributed by atoms with E-state index in [4.69, 9.17) is 11.6 Å². The molecular weight excluding hydrogens is 415 g/mol. The molecule has 0 aliphatic carbocycles. The average molecular weight is 439 g/mol. The number of carbonyl (C=O) groups excluding carboxylic acids is 1. The van der Waals surface area contributed by atoms with Gasteiger partial charge in [0.05, 0.1) is 18.1 Å². The van der Waals surface area contributed by atoms with E-state index >= 15 is 0 Å². The van der Waals surface area contributed by atoms with E-state index in [2.05, 4.69) is 15.3 Å². The number of anilines is 2. The molecular formula is C24H24ClFN4O. The number of rotatable bonds is 6. The Morgan fingerprint density at radius 1 is 1.10 bits per heavy atom. The highest BCUT2D eigenvalue weighted by Gasteiger charge is 2.24. The van der Waals surface area contributed by atoms with Crippen molar-refractivity contribution in [1.29, 1.82) is 0 Å². The van der Waals surface area contributed by atoms with Crippen LogP contribution in [0.25, 0.3) is 0 Å². The average Bonchev–Trinajstić information content (AvgIpc) is 2.80. The van der Waals surface area contributed by atoms with Crippen molar-refractivity contribution in [3.63, 3.8) is 0 Å². The minimum absolute atomic E-state index is 0.192. The summed E-state index contributed by atoms with van der Waals surface area (Å²) in [7, 11) is 0. The van der Waals surface area contributed by atoms with E-state index < -0.39 is 0 Å². The molecule has 1 aliphatic rings. The summed E-state index contributed by atoms with van der Waals surface area (Å²) in [6.45, 7) is 1.50. The maximum absolute atomic E-state index is 13.0. The van der Waals surface area contributed by atoms with Crippen molar-refractivity contribution in [2.75, 3.05) is 18.4 Å². The van der Waals surface area contributed by atoms with Gasteiger partial charge in [-0.25, -0.2) is 9.37 Å². The number of nitrogens with one attached hydrogen (secondary N) is 1. The van der Waals surface area contributed by atoms with Gasteiger partial charge in [0.1, 0.15) is 11.6 Å². The molecule has 2 aromatic heterocycles. The van der Waals surface area contributed by atoms with E-state index in [1.54, 1.807) is 12.3 Å². The maximum atomic E-state index is 13.0. The minimum atomic E-state index is -0.367.